The number of halogens is 1. The van der Waals surface area contributed by atoms with Gasteiger partial charge in [0.1, 0.15) is 35.7 Å². The molecule has 3 rings (SSSR count). The van der Waals surface area contributed by atoms with Crippen molar-refractivity contribution in [3.05, 3.63) is 89.0 Å². The number of hydrogen-bond donors (Lipinski definition) is 0. The fourth-order valence-corrected chi connectivity index (χ4v) is 2.81. The predicted molar refractivity (Wildman–Crippen MR) is 106 cm³/mol. The SMILES string of the molecule is COC(=O)C(Oc1cc(OCc2ncccc2F)ccc1C#N)c1ccccc1C. The summed E-state index contributed by atoms with van der Waals surface area (Å²) in [7, 11) is 1.27. The van der Waals surface area contributed by atoms with Crippen LogP contribution in [0.4, 0.5) is 4.39 Å². The first-order chi connectivity index (χ1) is 14.5. The Hall–Kier alpha value is -3.92. The van der Waals surface area contributed by atoms with E-state index in [1.165, 1.54) is 37.6 Å². The fourth-order valence-electron chi connectivity index (χ4n) is 2.81. The number of nitriles is 1. The molecule has 0 spiro atoms. The van der Waals surface area contributed by atoms with Gasteiger partial charge in [0.15, 0.2) is 0 Å². The molecule has 152 valence electrons. The molecule has 6 nitrogen and oxygen atoms in total. The summed E-state index contributed by atoms with van der Waals surface area (Å²) in [5.74, 6) is -0.597. The first-order valence-corrected chi connectivity index (χ1v) is 9.10. The molecular formula is C23H19FN2O4. The maximum atomic E-state index is 13.8. The summed E-state index contributed by atoms with van der Waals surface area (Å²) in [6, 6.07) is 16.6. The number of carbonyl (C=O) groups excluding carboxylic acids is 1. The zero-order chi connectivity index (χ0) is 21.5. The van der Waals surface area contributed by atoms with Gasteiger partial charge in [-0.25, -0.2) is 9.18 Å². The molecule has 1 heterocycles. The van der Waals surface area contributed by atoms with E-state index >= 15 is 0 Å². The Morgan fingerprint density at radius 3 is 2.70 bits per heavy atom. The van der Waals surface area contributed by atoms with Crippen molar-refractivity contribution in [2.45, 2.75) is 19.6 Å². The lowest BCUT2D eigenvalue weighted by Crippen LogP contribution is -2.21. The molecule has 7 heteroatoms. The van der Waals surface area contributed by atoms with Crippen LogP contribution in [-0.2, 0) is 16.1 Å². The van der Waals surface area contributed by atoms with Crippen LogP contribution in [0.2, 0.25) is 0 Å². The van der Waals surface area contributed by atoms with E-state index in [4.69, 9.17) is 14.2 Å². The van der Waals surface area contributed by atoms with Crippen molar-refractivity contribution in [2.75, 3.05) is 7.11 Å². The number of pyridine rings is 1. The monoisotopic (exact) mass is 406 g/mol. The lowest BCUT2D eigenvalue weighted by Gasteiger charge is -2.20. The number of ether oxygens (including phenoxy) is 3. The number of hydrogen-bond acceptors (Lipinski definition) is 6. The molecule has 0 bridgehead atoms. The number of aryl methyl sites for hydroxylation is 1. The van der Waals surface area contributed by atoms with E-state index in [9.17, 15) is 14.4 Å². The topological polar surface area (TPSA) is 81.4 Å². The molecule has 2 aromatic carbocycles. The normalized spacial score (nSPS) is 11.3. The molecule has 0 fully saturated rings. The van der Waals surface area contributed by atoms with Crippen molar-refractivity contribution in [2.24, 2.45) is 0 Å². The first-order valence-electron chi connectivity index (χ1n) is 9.10. The Morgan fingerprint density at radius 1 is 1.20 bits per heavy atom. The smallest absolute Gasteiger partial charge is 0.351 e. The second-order valence-electron chi connectivity index (χ2n) is 6.37. The minimum absolute atomic E-state index is 0.101. The predicted octanol–water partition coefficient (Wildman–Crippen LogP) is 4.27. The van der Waals surface area contributed by atoms with Gasteiger partial charge in [-0.1, -0.05) is 24.3 Å². The van der Waals surface area contributed by atoms with Crippen molar-refractivity contribution in [3.8, 4) is 17.6 Å². The first kappa shape index (κ1) is 20.8. The minimum Gasteiger partial charge on any atom is -0.487 e. The number of aromatic nitrogens is 1. The van der Waals surface area contributed by atoms with Crippen molar-refractivity contribution >= 4 is 5.97 Å². The van der Waals surface area contributed by atoms with Gasteiger partial charge in [-0.05, 0) is 36.8 Å². The third-order valence-electron chi connectivity index (χ3n) is 4.41. The minimum atomic E-state index is -1.06. The van der Waals surface area contributed by atoms with E-state index in [0.717, 1.165) is 5.56 Å². The Balaban J connectivity index is 1.88. The summed E-state index contributed by atoms with van der Waals surface area (Å²) >= 11 is 0. The average Bonchev–Trinajstić information content (AvgIpc) is 2.77. The van der Waals surface area contributed by atoms with Gasteiger partial charge >= 0.3 is 5.97 Å². The molecule has 0 aliphatic carbocycles. The van der Waals surface area contributed by atoms with E-state index in [1.54, 1.807) is 18.2 Å². The summed E-state index contributed by atoms with van der Waals surface area (Å²) < 4.78 is 30.2. The number of methoxy groups -OCH3 is 1. The Morgan fingerprint density at radius 2 is 2.00 bits per heavy atom. The van der Waals surface area contributed by atoms with Gasteiger partial charge < -0.3 is 14.2 Å². The lowest BCUT2D eigenvalue weighted by atomic mass is 10.0. The van der Waals surface area contributed by atoms with Gasteiger partial charge in [0.05, 0.1) is 12.7 Å². The largest absolute Gasteiger partial charge is 0.487 e. The third-order valence-corrected chi connectivity index (χ3v) is 4.41. The molecule has 30 heavy (non-hydrogen) atoms. The third kappa shape index (κ3) is 4.73. The van der Waals surface area contributed by atoms with Crippen molar-refractivity contribution in [1.29, 1.82) is 5.26 Å². The van der Waals surface area contributed by atoms with Gasteiger partial charge in [0, 0.05) is 17.8 Å². The number of nitrogens with zero attached hydrogens (tertiary/aromatic N) is 2. The van der Waals surface area contributed by atoms with Crippen LogP contribution in [0.3, 0.4) is 0 Å². The van der Waals surface area contributed by atoms with Gasteiger partial charge in [-0.2, -0.15) is 5.26 Å². The second-order valence-corrected chi connectivity index (χ2v) is 6.37. The van der Waals surface area contributed by atoms with E-state index in [1.807, 2.05) is 25.1 Å². The molecule has 1 atom stereocenters. The summed E-state index contributed by atoms with van der Waals surface area (Å²) in [5.41, 5.74) is 1.82. The number of esters is 1. The fraction of sp³-hybridized carbons (Fsp3) is 0.174. The molecule has 1 aromatic heterocycles. The van der Waals surface area contributed by atoms with Gasteiger partial charge in [-0.15, -0.1) is 0 Å². The Bertz CT molecular complexity index is 1090. The second kappa shape index (κ2) is 9.52. The summed E-state index contributed by atoms with van der Waals surface area (Å²) in [4.78, 5) is 16.3. The van der Waals surface area contributed by atoms with Crippen LogP contribution in [0.25, 0.3) is 0 Å². The van der Waals surface area contributed by atoms with Crippen LogP contribution in [0.5, 0.6) is 11.5 Å². The van der Waals surface area contributed by atoms with E-state index < -0.39 is 17.9 Å². The van der Waals surface area contributed by atoms with E-state index in [0.29, 0.717) is 11.3 Å². The molecule has 0 aliphatic rings. The molecular weight excluding hydrogens is 387 g/mol. The summed E-state index contributed by atoms with van der Waals surface area (Å²) in [6.45, 7) is 1.75. The van der Waals surface area contributed by atoms with Crippen LogP contribution in [0.1, 0.15) is 28.5 Å². The average molecular weight is 406 g/mol. The zero-order valence-electron chi connectivity index (χ0n) is 16.5. The van der Waals surface area contributed by atoms with Crippen LogP contribution < -0.4 is 9.47 Å². The molecule has 0 aliphatic heterocycles. The summed E-state index contributed by atoms with van der Waals surface area (Å²) in [6.07, 6.45) is 0.407. The van der Waals surface area contributed by atoms with E-state index in [2.05, 4.69) is 4.98 Å². The van der Waals surface area contributed by atoms with Crippen LogP contribution in [0, 0.1) is 24.1 Å². The molecule has 0 saturated heterocycles. The molecule has 1 unspecified atom stereocenters. The van der Waals surface area contributed by atoms with Gasteiger partial charge in [0.25, 0.3) is 0 Å². The maximum Gasteiger partial charge on any atom is 0.351 e. The van der Waals surface area contributed by atoms with Crippen molar-refractivity contribution in [1.82, 2.24) is 4.98 Å². The number of carbonyl (C=O) groups is 1. The quantitative estimate of drug-likeness (QED) is 0.545. The van der Waals surface area contributed by atoms with Gasteiger partial charge in [0.2, 0.25) is 6.10 Å². The molecule has 3 aromatic rings. The summed E-state index contributed by atoms with van der Waals surface area (Å²) in [5, 5.41) is 9.44. The molecule has 0 saturated carbocycles. The maximum absolute atomic E-state index is 13.8. The highest BCUT2D eigenvalue weighted by Crippen LogP contribution is 2.31. The molecule has 0 amide bonds. The molecule has 0 radical (unpaired) electrons. The Kier molecular flexibility index (Phi) is 6.60. The Labute approximate surface area is 173 Å². The van der Waals surface area contributed by atoms with Crippen LogP contribution >= 0.6 is 0 Å². The highest BCUT2D eigenvalue weighted by molar-refractivity contribution is 5.77. The van der Waals surface area contributed by atoms with Crippen molar-refractivity contribution in [3.63, 3.8) is 0 Å². The zero-order valence-corrected chi connectivity index (χ0v) is 16.5. The standard InChI is InChI=1S/C23H19FN2O4/c1-15-6-3-4-7-18(15)22(23(27)28-2)30-21-12-17(10-9-16(21)13-25)29-14-20-19(24)8-5-11-26-20/h3-12,22H,14H2,1-2H3. The van der Waals surface area contributed by atoms with Crippen LogP contribution in [-0.4, -0.2) is 18.1 Å². The highest BCUT2D eigenvalue weighted by Gasteiger charge is 2.26. The molecule has 0 N–H and O–H groups in total. The lowest BCUT2D eigenvalue weighted by molar-refractivity contribution is -0.149. The van der Waals surface area contributed by atoms with Crippen LogP contribution in [0.15, 0.2) is 60.8 Å². The number of rotatable bonds is 7. The van der Waals surface area contributed by atoms with E-state index in [-0.39, 0.29) is 23.6 Å². The highest BCUT2D eigenvalue weighted by atomic mass is 19.1. The number of benzene rings is 2. The van der Waals surface area contributed by atoms with Crippen molar-refractivity contribution < 1.29 is 23.4 Å². The van der Waals surface area contributed by atoms with Gasteiger partial charge in [-0.3, -0.25) is 4.98 Å².